The van der Waals surface area contributed by atoms with Gasteiger partial charge in [0.05, 0.1) is 19.1 Å². The maximum Gasteiger partial charge on any atom is 0.320 e. The number of methoxy groups -OCH3 is 1. The van der Waals surface area contributed by atoms with Crippen molar-refractivity contribution in [2.45, 2.75) is 25.8 Å². The number of amides is 1. The molecular formula is C16H21FN2O6. The van der Waals surface area contributed by atoms with Crippen LogP contribution in [0.3, 0.4) is 0 Å². The number of hydrogen-bond donors (Lipinski definition) is 4. The van der Waals surface area contributed by atoms with Crippen LogP contribution in [0, 0.1) is 18.7 Å². The van der Waals surface area contributed by atoms with E-state index in [1.165, 1.54) is 27.1 Å². The second kappa shape index (κ2) is 8.43. The Kier molecular flexibility index (Phi) is 6.86. The molecular weight excluding hydrogens is 335 g/mol. The predicted molar refractivity (Wildman–Crippen MR) is 86.1 cm³/mol. The topological polar surface area (TPSA) is 139 Å². The first-order valence-corrected chi connectivity index (χ1v) is 7.42. The van der Waals surface area contributed by atoms with Crippen LogP contribution in [-0.2, 0) is 16.0 Å². The van der Waals surface area contributed by atoms with Gasteiger partial charge in [-0.1, -0.05) is 0 Å². The summed E-state index contributed by atoms with van der Waals surface area (Å²) in [5, 5.41) is 20.4. The van der Waals surface area contributed by atoms with E-state index in [4.69, 9.17) is 20.7 Å². The summed E-state index contributed by atoms with van der Waals surface area (Å²) in [6.45, 7) is 1.49. The van der Waals surface area contributed by atoms with Gasteiger partial charge >= 0.3 is 11.9 Å². The summed E-state index contributed by atoms with van der Waals surface area (Å²) < 4.78 is 19.3. The molecule has 0 saturated carbocycles. The smallest absolute Gasteiger partial charge is 0.320 e. The molecule has 9 heteroatoms. The first-order valence-electron chi connectivity index (χ1n) is 7.42. The molecule has 0 aliphatic heterocycles. The van der Waals surface area contributed by atoms with Gasteiger partial charge in [-0.3, -0.25) is 14.4 Å². The zero-order chi connectivity index (χ0) is 19.3. The van der Waals surface area contributed by atoms with Gasteiger partial charge in [0.15, 0.2) is 11.6 Å². The Balaban J connectivity index is 3.41. The second-order valence-electron chi connectivity index (χ2n) is 5.56. The van der Waals surface area contributed by atoms with E-state index in [0.717, 1.165) is 0 Å². The number of halogens is 1. The standard InChI is InChI=1S/C16H21FN2O6/c1-7-8(4-9(6-11(20)21)14(18)16(23)24)5-10(25-3)13(17)12(7)15(22)19-2/h5,9,14H,4,6,18H2,1-3H3,(H,19,22)(H,20,21)(H,23,24). The summed E-state index contributed by atoms with van der Waals surface area (Å²) >= 11 is 0. The highest BCUT2D eigenvalue weighted by Crippen LogP contribution is 2.30. The van der Waals surface area contributed by atoms with E-state index in [-0.39, 0.29) is 23.3 Å². The predicted octanol–water partition coefficient (Wildman–Crippen LogP) is 0.548. The lowest BCUT2D eigenvalue weighted by atomic mass is 9.86. The van der Waals surface area contributed by atoms with Gasteiger partial charge in [-0.05, 0) is 36.5 Å². The molecule has 2 unspecified atom stereocenters. The first kappa shape index (κ1) is 20.4. The number of rotatable bonds is 8. The molecule has 0 spiro atoms. The fraction of sp³-hybridized carbons (Fsp3) is 0.438. The van der Waals surface area contributed by atoms with Crippen LogP contribution in [0.4, 0.5) is 4.39 Å². The lowest BCUT2D eigenvalue weighted by molar-refractivity contribution is -0.142. The molecule has 25 heavy (non-hydrogen) atoms. The SMILES string of the molecule is CNC(=O)c1c(C)c(CC(CC(=O)O)C(N)C(=O)O)cc(OC)c1F. The third kappa shape index (κ3) is 4.66. The molecule has 5 N–H and O–H groups in total. The van der Waals surface area contributed by atoms with Gasteiger partial charge < -0.3 is 26.0 Å². The molecule has 0 saturated heterocycles. The molecule has 8 nitrogen and oxygen atoms in total. The fourth-order valence-corrected chi connectivity index (χ4v) is 2.57. The van der Waals surface area contributed by atoms with Crippen molar-refractivity contribution in [1.82, 2.24) is 5.32 Å². The average Bonchev–Trinajstić information content (AvgIpc) is 2.55. The zero-order valence-electron chi connectivity index (χ0n) is 14.1. The molecule has 0 aromatic heterocycles. The number of ether oxygens (including phenoxy) is 1. The second-order valence-corrected chi connectivity index (χ2v) is 5.56. The number of benzene rings is 1. The number of nitrogens with one attached hydrogen (secondary N) is 1. The first-order chi connectivity index (χ1) is 11.6. The van der Waals surface area contributed by atoms with Gasteiger partial charge in [0.2, 0.25) is 0 Å². The molecule has 0 bridgehead atoms. The number of carbonyl (C=O) groups is 3. The van der Waals surface area contributed by atoms with Gasteiger partial charge in [-0.15, -0.1) is 0 Å². The molecule has 1 aromatic rings. The van der Waals surface area contributed by atoms with E-state index in [9.17, 15) is 18.8 Å². The summed E-state index contributed by atoms with van der Waals surface area (Å²) in [6, 6.07) is -0.101. The van der Waals surface area contributed by atoms with Gasteiger partial charge in [-0.25, -0.2) is 4.39 Å². The van der Waals surface area contributed by atoms with E-state index < -0.39 is 42.0 Å². The van der Waals surface area contributed by atoms with Crippen LogP contribution in [0.2, 0.25) is 0 Å². The van der Waals surface area contributed by atoms with Crippen molar-refractivity contribution in [3.63, 3.8) is 0 Å². The Hall–Kier alpha value is -2.68. The van der Waals surface area contributed by atoms with Crippen LogP contribution in [0.15, 0.2) is 6.07 Å². The van der Waals surface area contributed by atoms with E-state index in [1.807, 2.05) is 0 Å². The highest BCUT2D eigenvalue weighted by Gasteiger charge is 2.29. The van der Waals surface area contributed by atoms with Crippen LogP contribution >= 0.6 is 0 Å². The Bertz CT molecular complexity index is 692. The molecule has 0 fully saturated rings. The van der Waals surface area contributed by atoms with E-state index in [1.54, 1.807) is 0 Å². The van der Waals surface area contributed by atoms with Crippen LogP contribution in [0.25, 0.3) is 0 Å². The number of carboxylic acids is 2. The average molecular weight is 356 g/mol. The van der Waals surface area contributed by atoms with Gasteiger partial charge in [0, 0.05) is 7.05 Å². The molecule has 1 aromatic carbocycles. The monoisotopic (exact) mass is 356 g/mol. The minimum absolute atomic E-state index is 0.0633. The molecule has 0 radical (unpaired) electrons. The molecule has 0 heterocycles. The quantitative estimate of drug-likeness (QED) is 0.533. The van der Waals surface area contributed by atoms with Crippen molar-refractivity contribution >= 4 is 17.8 Å². The molecule has 1 rings (SSSR count). The minimum atomic E-state index is -1.42. The normalized spacial score (nSPS) is 13.0. The van der Waals surface area contributed by atoms with Gasteiger partial charge in [0.25, 0.3) is 5.91 Å². The largest absolute Gasteiger partial charge is 0.494 e. The van der Waals surface area contributed by atoms with Crippen molar-refractivity contribution in [2.24, 2.45) is 11.7 Å². The maximum atomic E-state index is 14.4. The zero-order valence-corrected chi connectivity index (χ0v) is 14.1. The number of nitrogens with two attached hydrogens (primary N) is 1. The van der Waals surface area contributed by atoms with Crippen molar-refractivity contribution in [3.8, 4) is 5.75 Å². The highest BCUT2D eigenvalue weighted by atomic mass is 19.1. The van der Waals surface area contributed by atoms with Crippen molar-refractivity contribution in [1.29, 1.82) is 0 Å². The number of hydrogen-bond acceptors (Lipinski definition) is 5. The molecule has 0 aliphatic rings. The Morgan fingerprint density at radius 2 is 1.96 bits per heavy atom. The highest BCUT2D eigenvalue weighted by molar-refractivity contribution is 5.96. The number of carbonyl (C=O) groups excluding carboxylic acids is 1. The van der Waals surface area contributed by atoms with E-state index in [2.05, 4.69) is 5.32 Å². The summed E-state index contributed by atoms with van der Waals surface area (Å²) in [7, 11) is 2.57. The molecule has 2 atom stereocenters. The lowest BCUT2D eigenvalue weighted by Crippen LogP contribution is -2.40. The third-order valence-corrected chi connectivity index (χ3v) is 3.98. The fourth-order valence-electron chi connectivity index (χ4n) is 2.57. The molecule has 0 aliphatic carbocycles. The van der Waals surface area contributed by atoms with Crippen LogP contribution in [0.1, 0.15) is 27.9 Å². The summed E-state index contributed by atoms with van der Waals surface area (Å²) in [5.41, 5.74) is 6.00. The van der Waals surface area contributed by atoms with Gasteiger partial charge in [-0.2, -0.15) is 0 Å². The van der Waals surface area contributed by atoms with Crippen LogP contribution in [0.5, 0.6) is 5.75 Å². The maximum absolute atomic E-state index is 14.4. The van der Waals surface area contributed by atoms with Crippen molar-refractivity contribution in [2.75, 3.05) is 14.2 Å². The summed E-state index contributed by atoms with van der Waals surface area (Å²) in [5.74, 6) is -5.21. The Morgan fingerprint density at radius 1 is 1.36 bits per heavy atom. The van der Waals surface area contributed by atoms with Crippen LogP contribution < -0.4 is 15.8 Å². The minimum Gasteiger partial charge on any atom is -0.494 e. The van der Waals surface area contributed by atoms with Gasteiger partial charge in [0.1, 0.15) is 6.04 Å². The number of aliphatic carboxylic acids is 2. The molecule has 1 amide bonds. The molecule has 138 valence electrons. The van der Waals surface area contributed by atoms with E-state index >= 15 is 0 Å². The number of carboxylic acid groups (broad SMARTS) is 2. The van der Waals surface area contributed by atoms with Crippen molar-refractivity contribution < 1.29 is 33.7 Å². The summed E-state index contributed by atoms with van der Waals surface area (Å²) in [6.07, 6.45) is -0.547. The van der Waals surface area contributed by atoms with Crippen molar-refractivity contribution in [3.05, 3.63) is 28.6 Å². The third-order valence-electron chi connectivity index (χ3n) is 3.98. The Morgan fingerprint density at radius 3 is 2.40 bits per heavy atom. The lowest BCUT2D eigenvalue weighted by Gasteiger charge is -2.22. The van der Waals surface area contributed by atoms with E-state index in [0.29, 0.717) is 5.56 Å². The van der Waals surface area contributed by atoms with Crippen LogP contribution in [-0.4, -0.2) is 48.3 Å². The summed E-state index contributed by atoms with van der Waals surface area (Å²) in [4.78, 5) is 34.1. The Labute approximate surface area is 143 Å².